The highest BCUT2D eigenvalue weighted by molar-refractivity contribution is 5.69. The van der Waals surface area contributed by atoms with Crippen LogP contribution in [-0.2, 0) is 9.53 Å². The number of aliphatic hydroxyl groups excluding tert-OH is 1. The summed E-state index contributed by atoms with van der Waals surface area (Å²) in [4.78, 5) is 11.3. The number of esters is 1. The molecule has 0 aliphatic heterocycles. The van der Waals surface area contributed by atoms with Crippen molar-refractivity contribution in [3.63, 3.8) is 0 Å². The zero-order chi connectivity index (χ0) is 12.9. The smallest absolute Gasteiger partial charge is 0.305 e. The number of hydrogen-bond donors (Lipinski definition) is 1. The summed E-state index contributed by atoms with van der Waals surface area (Å²) in [6.07, 6.45) is 9.25. The lowest BCUT2D eigenvalue weighted by Crippen LogP contribution is -2.09. The molecular formula is C14H26O3. The van der Waals surface area contributed by atoms with Gasteiger partial charge in [-0.2, -0.15) is 0 Å². The number of rotatable bonds is 10. The largest absolute Gasteiger partial charge is 0.465 e. The fourth-order valence-corrected chi connectivity index (χ4v) is 1.56. The Balaban J connectivity index is 3.37. The zero-order valence-electron chi connectivity index (χ0n) is 11.2. The number of carbonyl (C=O) groups is 1. The highest BCUT2D eigenvalue weighted by atomic mass is 16.5. The fraction of sp³-hybridized carbons (Fsp3) is 0.786. The Hall–Kier alpha value is -0.830. The third-order valence-electron chi connectivity index (χ3n) is 2.49. The number of allylic oxidation sites excluding steroid dienone is 1. The van der Waals surface area contributed by atoms with Gasteiger partial charge in [0.15, 0.2) is 0 Å². The van der Waals surface area contributed by atoms with Gasteiger partial charge in [0.25, 0.3) is 0 Å². The van der Waals surface area contributed by atoms with Crippen LogP contribution < -0.4 is 0 Å². The van der Waals surface area contributed by atoms with Gasteiger partial charge < -0.3 is 9.84 Å². The molecule has 0 aliphatic carbocycles. The third kappa shape index (κ3) is 11.4. The average Bonchev–Trinajstić information content (AvgIpc) is 2.29. The molecule has 0 radical (unpaired) electrons. The van der Waals surface area contributed by atoms with Crippen molar-refractivity contribution < 1.29 is 14.6 Å². The molecule has 1 unspecified atom stereocenters. The van der Waals surface area contributed by atoms with Crippen LogP contribution in [0, 0.1) is 0 Å². The van der Waals surface area contributed by atoms with Gasteiger partial charge in [-0.15, -0.1) is 0 Å². The van der Waals surface area contributed by atoms with Crippen LogP contribution in [0.5, 0.6) is 0 Å². The standard InChI is InChI=1S/C14H26O3/c1-3-5-6-7-12-17-14(16)11-8-10-13(15)9-4-2/h5-6,13,15H,3-4,7-12H2,1-2H3/b6-5-. The minimum atomic E-state index is -0.264. The van der Waals surface area contributed by atoms with Crippen LogP contribution in [0.25, 0.3) is 0 Å². The Labute approximate surface area is 105 Å². The maximum Gasteiger partial charge on any atom is 0.305 e. The summed E-state index contributed by atoms with van der Waals surface area (Å²) in [5, 5.41) is 9.47. The number of aliphatic hydroxyl groups is 1. The molecule has 0 spiro atoms. The van der Waals surface area contributed by atoms with Crippen LogP contribution in [0.15, 0.2) is 12.2 Å². The Morgan fingerprint density at radius 1 is 1.29 bits per heavy atom. The second kappa shape index (κ2) is 11.6. The number of carbonyl (C=O) groups excluding carboxylic acids is 1. The van der Waals surface area contributed by atoms with Gasteiger partial charge in [-0.1, -0.05) is 32.4 Å². The van der Waals surface area contributed by atoms with Crippen molar-refractivity contribution >= 4 is 5.97 Å². The van der Waals surface area contributed by atoms with E-state index >= 15 is 0 Å². The molecule has 0 aromatic heterocycles. The van der Waals surface area contributed by atoms with E-state index < -0.39 is 0 Å². The van der Waals surface area contributed by atoms with Gasteiger partial charge in [0, 0.05) is 6.42 Å². The van der Waals surface area contributed by atoms with Crippen LogP contribution in [0.2, 0.25) is 0 Å². The lowest BCUT2D eigenvalue weighted by atomic mass is 10.1. The van der Waals surface area contributed by atoms with E-state index in [1.165, 1.54) is 0 Å². The third-order valence-corrected chi connectivity index (χ3v) is 2.49. The molecule has 0 amide bonds. The molecule has 0 heterocycles. The maximum absolute atomic E-state index is 11.3. The summed E-state index contributed by atoms with van der Waals surface area (Å²) in [5.41, 5.74) is 0. The molecule has 0 aliphatic rings. The van der Waals surface area contributed by atoms with Crippen molar-refractivity contribution in [2.24, 2.45) is 0 Å². The molecule has 0 aromatic carbocycles. The van der Waals surface area contributed by atoms with Gasteiger partial charge in [-0.05, 0) is 32.1 Å². The average molecular weight is 242 g/mol. The molecule has 3 nitrogen and oxygen atoms in total. The van der Waals surface area contributed by atoms with Crippen LogP contribution >= 0.6 is 0 Å². The van der Waals surface area contributed by atoms with Gasteiger partial charge in [0.2, 0.25) is 0 Å². The van der Waals surface area contributed by atoms with Crippen LogP contribution in [-0.4, -0.2) is 23.8 Å². The van der Waals surface area contributed by atoms with Crippen LogP contribution in [0.1, 0.15) is 58.8 Å². The van der Waals surface area contributed by atoms with Gasteiger partial charge in [0.1, 0.15) is 0 Å². The molecule has 0 aromatic rings. The summed E-state index contributed by atoms with van der Waals surface area (Å²) in [6.45, 7) is 4.58. The van der Waals surface area contributed by atoms with Gasteiger partial charge in [0.05, 0.1) is 12.7 Å². The predicted octanol–water partition coefficient (Wildman–Crippen LogP) is 3.22. The summed E-state index contributed by atoms with van der Waals surface area (Å²) in [7, 11) is 0. The Kier molecular flexibility index (Phi) is 11.1. The first-order chi connectivity index (χ1) is 8.20. The molecular weight excluding hydrogens is 216 g/mol. The van der Waals surface area contributed by atoms with Crippen LogP contribution in [0.4, 0.5) is 0 Å². The van der Waals surface area contributed by atoms with Crippen molar-refractivity contribution in [2.75, 3.05) is 6.61 Å². The highest BCUT2D eigenvalue weighted by Gasteiger charge is 2.06. The van der Waals surface area contributed by atoms with E-state index in [2.05, 4.69) is 13.0 Å². The van der Waals surface area contributed by atoms with Crippen molar-refractivity contribution in [2.45, 2.75) is 64.9 Å². The van der Waals surface area contributed by atoms with E-state index in [0.29, 0.717) is 25.9 Å². The highest BCUT2D eigenvalue weighted by Crippen LogP contribution is 2.07. The lowest BCUT2D eigenvalue weighted by molar-refractivity contribution is -0.143. The number of ether oxygens (including phenoxy) is 1. The second-order valence-corrected chi connectivity index (χ2v) is 4.22. The molecule has 0 saturated heterocycles. The summed E-state index contributed by atoms with van der Waals surface area (Å²) in [6, 6.07) is 0. The van der Waals surface area contributed by atoms with Crippen molar-refractivity contribution in [3.05, 3.63) is 12.2 Å². The number of hydrogen-bond acceptors (Lipinski definition) is 3. The molecule has 3 heteroatoms. The van der Waals surface area contributed by atoms with Gasteiger partial charge in [-0.3, -0.25) is 4.79 Å². The molecule has 0 saturated carbocycles. The molecule has 0 rings (SSSR count). The monoisotopic (exact) mass is 242 g/mol. The molecule has 17 heavy (non-hydrogen) atoms. The molecule has 0 fully saturated rings. The van der Waals surface area contributed by atoms with Crippen LogP contribution in [0.3, 0.4) is 0 Å². The molecule has 1 N–H and O–H groups in total. The molecule has 100 valence electrons. The first-order valence-corrected chi connectivity index (χ1v) is 6.69. The van der Waals surface area contributed by atoms with E-state index in [9.17, 15) is 9.90 Å². The summed E-state index contributed by atoms with van der Waals surface area (Å²) < 4.78 is 5.06. The SMILES string of the molecule is CC/C=C\CCOC(=O)CCCC(O)CCC. The quantitative estimate of drug-likeness (QED) is 0.363. The van der Waals surface area contributed by atoms with Gasteiger partial charge >= 0.3 is 5.97 Å². The van der Waals surface area contributed by atoms with Crippen molar-refractivity contribution in [1.82, 2.24) is 0 Å². The molecule has 0 bridgehead atoms. The Bertz CT molecular complexity index is 212. The maximum atomic E-state index is 11.3. The fourth-order valence-electron chi connectivity index (χ4n) is 1.56. The van der Waals surface area contributed by atoms with E-state index in [1.807, 2.05) is 13.0 Å². The topological polar surface area (TPSA) is 46.5 Å². The lowest BCUT2D eigenvalue weighted by Gasteiger charge is -2.08. The van der Waals surface area contributed by atoms with Crippen molar-refractivity contribution in [1.29, 1.82) is 0 Å². The van der Waals surface area contributed by atoms with E-state index in [0.717, 1.165) is 25.7 Å². The summed E-state index contributed by atoms with van der Waals surface area (Å²) >= 11 is 0. The Morgan fingerprint density at radius 3 is 2.71 bits per heavy atom. The van der Waals surface area contributed by atoms with Gasteiger partial charge in [-0.25, -0.2) is 0 Å². The molecule has 1 atom stereocenters. The minimum Gasteiger partial charge on any atom is -0.465 e. The Morgan fingerprint density at radius 2 is 2.06 bits per heavy atom. The van der Waals surface area contributed by atoms with Crippen molar-refractivity contribution in [3.8, 4) is 0 Å². The van der Waals surface area contributed by atoms with E-state index in [4.69, 9.17) is 4.74 Å². The first-order valence-electron chi connectivity index (χ1n) is 6.69. The van der Waals surface area contributed by atoms with E-state index in [1.54, 1.807) is 0 Å². The normalized spacial score (nSPS) is 12.9. The zero-order valence-corrected chi connectivity index (χ0v) is 11.2. The first kappa shape index (κ1) is 16.2. The second-order valence-electron chi connectivity index (χ2n) is 4.22. The summed E-state index contributed by atoms with van der Waals surface area (Å²) in [5.74, 6) is -0.154. The minimum absolute atomic E-state index is 0.154. The van der Waals surface area contributed by atoms with E-state index in [-0.39, 0.29) is 12.1 Å². The predicted molar refractivity (Wildman–Crippen MR) is 69.8 cm³/mol.